The van der Waals surface area contributed by atoms with Crippen molar-refractivity contribution in [3.8, 4) is 0 Å². The summed E-state index contributed by atoms with van der Waals surface area (Å²) in [4.78, 5) is 20.4. The molecule has 0 fully saturated rings. The van der Waals surface area contributed by atoms with Crippen LogP contribution in [0.25, 0.3) is 0 Å². The number of rotatable bonds is 5. The average molecular weight is 321 g/mol. The summed E-state index contributed by atoms with van der Waals surface area (Å²) in [6.45, 7) is 0.494. The van der Waals surface area contributed by atoms with E-state index in [0.29, 0.717) is 12.5 Å². The van der Waals surface area contributed by atoms with Crippen LogP contribution in [0.3, 0.4) is 0 Å². The Balaban J connectivity index is 2.15. The first-order chi connectivity index (χ1) is 10.4. The summed E-state index contributed by atoms with van der Waals surface area (Å²) >= 11 is 0. The van der Waals surface area contributed by atoms with E-state index in [4.69, 9.17) is 5.73 Å². The molecule has 0 aliphatic carbocycles. The molecular weight excluding hydrogens is 306 g/mol. The fourth-order valence-electron chi connectivity index (χ4n) is 1.83. The van der Waals surface area contributed by atoms with Gasteiger partial charge >= 0.3 is 5.69 Å². The van der Waals surface area contributed by atoms with Gasteiger partial charge < -0.3 is 10.6 Å². The normalized spacial score (nSPS) is 11.9. The third-order valence-electron chi connectivity index (χ3n) is 3.00. The van der Waals surface area contributed by atoms with Gasteiger partial charge in [0.15, 0.2) is 0 Å². The van der Waals surface area contributed by atoms with Crippen molar-refractivity contribution < 1.29 is 9.13 Å². The quantitative estimate of drug-likeness (QED) is 0.652. The van der Waals surface area contributed by atoms with Gasteiger partial charge in [-0.2, -0.15) is 4.98 Å². The van der Waals surface area contributed by atoms with Crippen molar-refractivity contribution in [3.05, 3.63) is 46.1 Å². The molecular formula is C13H15N5O3S. The summed E-state index contributed by atoms with van der Waals surface area (Å²) in [5.74, 6) is 0.129. The zero-order valence-corrected chi connectivity index (χ0v) is 12.9. The predicted octanol–water partition coefficient (Wildman–Crippen LogP) is 1.34. The Morgan fingerprint density at radius 2 is 2.00 bits per heavy atom. The van der Waals surface area contributed by atoms with E-state index < -0.39 is 15.7 Å². The van der Waals surface area contributed by atoms with Crippen molar-refractivity contribution in [2.45, 2.75) is 11.4 Å². The van der Waals surface area contributed by atoms with Crippen molar-refractivity contribution in [2.24, 2.45) is 0 Å². The van der Waals surface area contributed by atoms with Crippen molar-refractivity contribution in [2.75, 3.05) is 23.9 Å². The van der Waals surface area contributed by atoms with Crippen LogP contribution < -0.4 is 10.6 Å². The predicted molar refractivity (Wildman–Crippen MR) is 84.0 cm³/mol. The molecule has 0 aliphatic heterocycles. The SMILES string of the molecule is CN(Cc1ccc(S(C)=O)cc1)c1ncc([N+](=O)[O-])c(N)n1. The van der Waals surface area contributed by atoms with E-state index in [1.54, 1.807) is 30.3 Å². The average Bonchev–Trinajstić information content (AvgIpc) is 2.47. The number of hydrogen-bond acceptors (Lipinski definition) is 7. The second-order valence-electron chi connectivity index (χ2n) is 4.65. The molecule has 0 saturated heterocycles. The molecule has 2 rings (SSSR count). The van der Waals surface area contributed by atoms with Crippen molar-refractivity contribution in [3.63, 3.8) is 0 Å². The fourth-order valence-corrected chi connectivity index (χ4v) is 2.35. The van der Waals surface area contributed by atoms with Crippen molar-refractivity contribution >= 4 is 28.3 Å². The lowest BCUT2D eigenvalue weighted by Gasteiger charge is -2.17. The highest BCUT2D eigenvalue weighted by molar-refractivity contribution is 7.84. The molecule has 2 N–H and O–H groups in total. The van der Waals surface area contributed by atoms with Crippen LogP contribution >= 0.6 is 0 Å². The molecule has 1 atom stereocenters. The summed E-state index contributed by atoms with van der Waals surface area (Å²) in [6.07, 6.45) is 2.71. The molecule has 9 heteroatoms. The zero-order valence-electron chi connectivity index (χ0n) is 12.1. The Morgan fingerprint density at radius 3 is 2.50 bits per heavy atom. The van der Waals surface area contributed by atoms with Gasteiger partial charge in [-0.3, -0.25) is 14.3 Å². The molecule has 1 heterocycles. The second-order valence-corrected chi connectivity index (χ2v) is 6.03. The third-order valence-corrected chi connectivity index (χ3v) is 3.93. The number of nitro groups is 1. The van der Waals surface area contributed by atoms with Crippen molar-refractivity contribution in [1.29, 1.82) is 0 Å². The van der Waals surface area contributed by atoms with Gasteiger partial charge in [-0.1, -0.05) is 12.1 Å². The first-order valence-electron chi connectivity index (χ1n) is 6.29. The van der Waals surface area contributed by atoms with Gasteiger partial charge in [-0.25, -0.2) is 4.98 Å². The van der Waals surface area contributed by atoms with Crippen LogP contribution in [0, 0.1) is 10.1 Å². The maximum atomic E-state index is 11.3. The molecule has 0 radical (unpaired) electrons. The number of nitrogens with two attached hydrogens (primary N) is 1. The van der Waals surface area contributed by atoms with Gasteiger partial charge in [0.25, 0.3) is 0 Å². The summed E-state index contributed by atoms with van der Waals surface area (Å²) in [5.41, 5.74) is 6.21. The van der Waals surface area contributed by atoms with Gasteiger partial charge in [0, 0.05) is 35.5 Å². The van der Waals surface area contributed by atoms with E-state index in [1.807, 2.05) is 12.1 Å². The summed E-state index contributed by atoms with van der Waals surface area (Å²) in [6, 6.07) is 7.32. The number of nitrogens with zero attached hydrogens (tertiary/aromatic N) is 4. The number of hydrogen-bond donors (Lipinski definition) is 1. The molecule has 22 heavy (non-hydrogen) atoms. The van der Waals surface area contributed by atoms with Gasteiger partial charge in [0.1, 0.15) is 6.20 Å². The lowest BCUT2D eigenvalue weighted by atomic mass is 10.2. The molecule has 1 aromatic heterocycles. The number of anilines is 2. The summed E-state index contributed by atoms with van der Waals surface area (Å²) < 4.78 is 11.3. The van der Waals surface area contributed by atoms with Crippen LogP contribution in [0.4, 0.5) is 17.5 Å². The third kappa shape index (κ3) is 3.55. The van der Waals surface area contributed by atoms with Crippen molar-refractivity contribution in [1.82, 2.24) is 9.97 Å². The van der Waals surface area contributed by atoms with E-state index in [-0.39, 0.29) is 11.5 Å². The van der Waals surface area contributed by atoms with E-state index in [1.165, 1.54) is 0 Å². The molecule has 1 aromatic carbocycles. The lowest BCUT2D eigenvalue weighted by molar-refractivity contribution is -0.384. The largest absolute Gasteiger partial charge is 0.378 e. The Hall–Kier alpha value is -2.55. The topological polar surface area (TPSA) is 115 Å². The highest BCUT2D eigenvalue weighted by Gasteiger charge is 2.16. The van der Waals surface area contributed by atoms with Crippen LogP contribution in [-0.4, -0.2) is 32.4 Å². The molecule has 0 amide bonds. The van der Waals surface area contributed by atoms with Gasteiger partial charge in [0.2, 0.25) is 11.8 Å². The van der Waals surface area contributed by atoms with Crippen LogP contribution in [-0.2, 0) is 17.3 Å². The van der Waals surface area contributed by atoms with Gasteiger partial charge in [-0.15, -0.1) is 0 Å². The number of benzene rings is 1. The summed E-state index contributed by atoms with van der Waals surface area (Å²) in [7, 11) is 0.742. The van der Waals surface area contributed by atoms with Crippen LogP contribution in [0.2, 0.25) is 0 Å². The first-order valence-corrected chi connectivity index (χ1v) is 7.84. The number of aromatic nitrogens is 2. The van der Waals surface area contributed by atoms with Crippen LogP contribution in [0.1, 0.15) is 5.56 Å². The van der Waals surface area contributed by atoms with E-state index in [9.17, 15) is 14.3 Å². The highest BCUT2D eigenvalue weighted by Crippen LogP contribution is 2.20. The standard InChI is InChI=1S/C13H15N5O3S/c1-17(8-9-3-5-10(6-4-9)22(2)21)13-15-7-11(18(19)20)12(14)16-13/h3-7H,8H2,1-2H3,(H2,14,15,16). The molecule has 116 valence electrons. The van der Waals surface area contributed by atoms with Gasteiger partial charge in [0.05, 0.1) is 4.92 Å². The zero-order chi connectivity index (χ0) is 16.3. The molecule has 0 saturated carbocycles. The highest BCUT2D eigenvalue weighted by atomic mass is 32.2. The minimum atomic E-state index is -1.01. The van der Waals surface area contributed by atoms with E-state index in [2.05, 4.69) is 9.97 Å². The Bertz CT molecular complexity index is 720. The van der Waals surface area contributed by atoms with E-state index >= 15 is 0 Å². The maximum Gasteiger partial charge on any atom is 0.329 e. The molecule has 0 aliphatic rings. The minimum Gasteiger partial charge on any atom is -0.378 e. The monoisotopic (exact) mass is 321 g/mol. The van der Waals surface area contributed by atoms with E-state index in [0.717, 1.165) is 16.7 Å². The van der Waals surface area contributed by atoms with Crippen LogP contribution in [0.15, 0.2) is 35.4 Å². The molecule has 0 spiro atoms. The molecule has 0 bridgehead atoms. The minimum absolute atomic E-state index is 0.168. The Kier molecular flexibility index (Phi) is 4.66. The second kappa shape index (κ2) is 6.48. The van der Waals surface area contributed by atoms with Gasteiger partial charge in [-0.05, 0) is 17.7 Å². The lowest BCUT2D eigenvalue weighted by Crippen LogP contribution is -2.19. The maximum absolute atomic E-state index is 11.3. The summed E-state index contributed by atoms with van der Waals surface area (Å²) in [5, 5.41) is 10.7. The van der Waals surface area contributed by atoms with Crippen LogP contribution in [0.5, 0.6) is 0 Å². The smallest absolute Gasteiger partial charge is 0.329 e. The Labute approximate surface area is 129 Å². The molecule has 8 nitrogen and oxygen atoms in total. The first kappa shape index (κ1) is 15.8. The molecule has 1 unspecified atom stereocenters. The Morgan fingerprint density at radius 1 is 1.36 bits per heavy atom. The molecule has 2 aromatic rings. The number of nitrogen functional groups attached to an aromatic ring is 1. The fraction of sp³-hybridized carbons (Fsp3) is 0.231.